The lowest BCUT2D eigenvalue weighted by molar-refractivity contribution is 0.145. The molecule has 1 unspecified atom stereocenters. The summed E-state index contributed by atoms with van der Waals surface area (Å²) in [6.07, 6.45) is 7.60. The summed E-state index contributed by atoms with van der Waals surface area (Å²) in [5, 5.41) is 0. The molecule has 1 atom stereocenters. The van der Waals surface area contributed by atoms with Crippen molar-refractivity contribution in [3.05, 3.63) is 30.1 Å². The molecule has 0 aromatic carbocycles. The summed E-state index contributed by atoms with van der Waals surface area (Å²) in [6, 6.07) is 4.75. The predicted octanol–water partition coefficient (Wildman–Crippen LogP) is 1.82. The third-order valence-corrected chi connectivity index (χ3v) is 3.16. The highest BCUT2D eigenvalue weighted by Gasteiger charge is 2.20. The highest BCUT2D eigenvalue weighted by molar-refractivity contribution is 5.85. The van der Waals surface area contributed by atoms with Crippen LogP contribution in [0, 0.1) is 0 Å². The molecule has 4 heteroatoms. The number of hydrogen-bond donors (Lipinski definition) is 1. The maximum Gasteiger partial charge on any atom is 0.0271 e. The summed E-state index contributed by atoms with van der Waals surface area (Å²) < 4.78 is 0. The molecule has 1 aliphatic heterocycles. The molecular formula is C12H20ClN3. The van der Waals surface area contributed by atoms with E-state index in [1.807, 2.05) is 12.4 Å². The van der Waals surface area contributed by atoms with Gasteiger partial charge in [-0.2, -0.15) is 0 Å². The topological polar surface area (TPSA) is 42.1 Å². The lowest BCUT2D eigenvalue weighted by Crippen LogP contribution is -2.43. The summed E-state index contributed by atoms with van der Waals surface area (Å²) >= 11 is 0. The van der Waals surface area contributed by atoms with Gasteiger partial charge in [0, 0.05) is 31.5 Å². The monoisotopic (exact) mass is 241 g/mol. The van der Waals surface area contributed by atoms with Gasteiger partial charge in [0.05, 0.1) is 0 Å². The Bertz CT molecular complexity index is 292. The standard InChI is InChI=1S/C12H19N3.ClH/c13-9-12-3-1-2-8-15(12)10-11-4-6-14-7-5-11;/h4-7,12H,1-3,8-10,13H2;1H. The van der Waals surface area contributed by atoms with Crippen molar-refractivity contribution in [2.75, 3.05) is 13.1 Å². The van der Waals surface area contributed by atoms with E-state index in [0.717, 1.165) is 13.1 Å². The minimum atomic E-state index is 0. The minimum absolute atomic E-state index is 0. The first-order valence-corrected chi connectivity index (χ1v) is 5.73. The normalized spacial score (nSPS) is 21.4. The molecule has 2 N–H and O–H groups in total. The van der Waals surface area contributed by atoms with E-state index in [4.69, 9.17) is 5.73 Å². The second-order valence-electron chi connectivity index (χ2n) is 4.21. The van der Waals surface area contributed by atoms with E-state index in [2.05, 4.69) is 22.0 Å². The highest BCUT2D eigenvalue weighted by Crippen LogP contribution is 2.18. The molecule has 90 valence electrons. The third-order valence-electron chi connectivity index (χ3n) is 3.16. The molecule has 2 heterocycles. The van der Waals surface area contributed by atoms with E-state index in [-0.39, 0.29) is 12.4 Å². The van der Waals surface area contributed by atoms with Crippen molar-refractivity contribution >= 4 is 12.4 Å². The Morgan fingerprint density at radius 3 is 2.75 bits per heavy atom. The number of halogens is 1. The fourth-order valence-corrected chi connectivity index (χ4v) is 2.26. The average molecular weight is 242 g/mol. The number of rotatable bonds is 3. The lowest BCUT2D eigenvalue weighted by atomic mass is 10.0. The van der Waals surface area contributed by atoms with Crippen molar-refractivity contribution in [2.24, 2.45) is 5.73 Å². The predicted molar refractivity (Wildman–Crippen MR) is 68.6 cm³/mol. The van der Waals surface area contributed by atoms with Crippen LogP contribution in [-0.2, 0) is 6.54 Å². The van der Waals surface area contributed by atoms with Gasteiger partial charge in [-0.05, 0) is 37.1 Å². The van der Waals surface area contributed by atoms with E-state index in [1.54, 1.807) is 0 Å². The molecule has 16 heavy (non-hydrogen) atoms. The van der Waals surface area contributed by atoms with E-state index in [9.17, 15) is 0 Å². The molecule has 0 radical (unpaired) electrons. The summed E-state index contributed by atoms with van der Waals surface area (Å²) in [5.74, 6) is 0. The number of pyridine rings is 1. The molecule has 1 aliphatic rings. The SMILES string of the molecule is Cl.NCC1CCCCN1Cc1ccncc1. The van der Waals surface area contributed by atoms with Crippen LogP contribution in [0.4, 0.5) is 0 Å². The van der Waals surface area contributed by atoms with Crippen molar-refractivity contribution < 1.29 is 0 Å². The van der Waals surface area contributed by atoms with Crippen LogP contribution in [0.1, 0.15) is 24.8 Å². The zero-order valence-electron chi connectivity index (χ0n) is 9.51. The minimum Gasteiger partial charge on any atom is -0.329 e. The maximum absolute atomic E-state index is 5.79. The van der Waals surface area contributed by atoms with E-state index in [0.29, 0.717) is 6.04 Å². The Hall–Kier alpha value is -0.640. The molecule has 1 fully saturated rings. The number of piperidine rings is 1. The summed E-state index contributed by atoms with van der Waals surface area (Å²) in [5.41, 5.74) is 7.13. The molecule has 1 saturated heterocycles. The van der Waals surface area contributed by atoms with Gasteiger partial charge < -0.3 is 5.73 Å². The van der Waals surface area contributed by atoms with Gasteiger partial charge in [0.25, 0.3) is 0 Å². The van der Waals surface area contributed by atoms with Crippen molar-refractivity contribution in [3.8, 4) is 0 Å². The number of likely N-dealkylation sites (tertiary alicyclic amines) is 1. The third kappa shape index (κ3) is 3.44. The first kappa shape index (κ1) is 13.4. The zero-order valence-corrected chi connectivity index (χ0v) is 10.3. The average Bonchev–Trinajstić information content (AvgIpc) is 2.31. The van der Waals surface area contributed by atoms with E-state index >= 15 is 0 Å². The molecular weight excluding hydrogens is 222 g/mol. The van der Waals surface area contributed by atoms with Crippen LogP contribution >= 0.6 is 12.4 Å². The molecule has 0 bridgehead atoms. The van der Waals surface area contributed by atoms with E-state index < -0.39 is 0 Å². The van der Waals surface area contributed by atoms with Crippen LogP contribution in [0.2, 0.25) is 0 Å². The summed E-state index contributed by atoms with van der Waals surface area (Å²) in [7, 11) is 0. The van der Waals surface area contributed by atoms with Crippen LogP contribution < -0.4 is 5.73 Å². The molecule has 2 rings (SSSR count). The van der Waals surface area contributed by atoms with Gasteiger partial charge in [0.1, 0.15) is 0 Å². The largest absolute Gasteiger partial charge is 0.329 e. The quantitative estimate of drug-likeness (QED) is 0.878. The fraction of sp³-hybridized carbons (Fsp3) is 0.583. The molecule has 0 spiro atoms. The van der Waals surface area contributed by atoms with Crippen LogP contribution in [0.25, 0.3) is 0 Å². The van der Waals surface area contributed by atoms with Crippen LogP contribution in [0.5, 0.6) is 0 Å². The van der Waals surface area contributed by atoms with E-state index in [1.165, 1.54) is 31.4 Å². The molecule has 3 nitrogen and oxygen atoms in total. The van der Waals surface area contributed by atoms with Crippen LogP contribution in [0.15, 0.2) is 24.5 Å². The Morgan fingerprint density at radius 1 is 1.31 bits per heavy atom. The fourth-order valence-electron chi connectivity index (χ4n) is 2.26. The van der Waals surface area contributed by atoms with Crippen molar-refractivity contribution in [1.82, 2.24) is 9.88 Å². The molecule has 1 aromatic heterocycles. The number of aromatic nitrogens is 1. The summed E-state index contributed by atoms with van der Waals surface area (Å²) in [4.78, 5) is 6.53. The first-order chi connectivity index (χ1) is 7.40. The second kappa shape index (κ2) is 6.84. The number of nitrogens with zero attached hydrogens (tertiary/aromatic N) is 2. The van der Waals surface area contributed by atoms with Crippen molar-refractivity contribution in [2.45, 2.75) is 31.8 Å². The number of hydrogen-bond acceptors (Lipinski definition) is 3. The van der Waals surface area contributed by atoms with Crippen LogP contribution in [-0.4, -0.2) is 29.0 Å². The second-order valence-corrected chi connectivity index (χ2v) is 4.21. The van der Waals surface area contributed by atoms with Crippen molar-refractivity contribution in [1.29, 1.82) is 0 Å². The molecule has 0 saturated carbocycles. The van der Waals surface area contributed by atoms with Gasteiger partial charge in [-0.3, -0.25) is 9.88 Å². The van der Waals surface area contributed by atoms with Crippen molar-refractivity contribution in [3.63, 3.8) is 0 Å². The van der Waals surface area contributed by atoms with Gasteiger partial charge in [0.15, 0.2) is 0 Å². The lowest BCUT2D eigenvalue weighted by Gasteiger charge is -2.34. The Balaban J connectivity index is 0.00000128. The number of nitrogens with two attached hydrogens (primary N) is 1. The van der Waals surface area contributed by atoms with Gasteiger partial charge in [-0.15, -0.1) is 12.4 Å². The molecule has 0 amide bonds. The first-order valence-electron chi connectivity index (χ1n) is 5.73. The van der Waals surface area contributed by atoms with Gasteiger partial charge in [-0.25, -0.2) is 0 Å². The highest BCUT2D eigenvalue weighted by atomic mass is 35.5. The molecule has 1 aromatic rings. The Morgan fingerprint density at radius 2 is 2.06 bits per heavy atom. The molecule has 0 aliphatic carbocycles. The maximum atomic E-state index is 5.79. The van der Waals surface area contributed by atoms with Gasteiger partial charge in [0.2, 0.25) is 0 Å². The van der Waals surface area contributed by atoms with Crippen LogP contribution in [0.3, 0.4) is 0 Å². The zero-order chi connectivity index (χ0) is 10.5. The van der Waals surface area contributed by atoms with Gasteiger partial charge >= 0.3 is 0 Å². The smallest absolute Gasteiger partial charge is 0.0271 e. The summed E-state index contributed by atoms with van der Waals surface area (Å²) in [6.45, 7) is 2.99. The Kier molecular flexibility index (Phi) is 5.74. The van der Waals surface area contributed by atoms with Gasteiger partial charge in [-0.1, -0.05) is 6.42 Å². The Labute approximate surface area is 103 Å².